The van der Waals surface area contributed by atoms with E-state index in [1.54, 1.807) is 24.3 Å². The minimum absolute atomic E-state index is 0.241. The standard InChI is InChI=1S/C20H11F2NO2/c21-18-10-16(11-19(22)17(18)12-23)25-20(24)15-8-6-14(7-9-15)13-4-2-1-3-5-13/h1-11H. The van der Waals surface area contributed by atoms with E-state index >= 15 is 0 Å². The number of nitriles is 1. The number of rotatable bonds is 3. The maximum Gasteiger partial charge on any atom is 0.343 e. The Morgan fingerprint density at radius 1 is 0.880 bits per heavy atom. The summed E-state index contributed by atoms with van der Waals surface area (Å²) >= 11 is 0. The molecule has 0 saturated heterocycles. The van der Waals surface area contributed by atoms with Gasteiger partial charge >= 0.3 is 5.97 Å². The smallest absolute Gasteiger partial charge is 0.343 e. The van der Waals surface area contributed by atoms with Gasteiger partial charge < -0.3 is 4.74 Å². The molecule has 5 heteroatoms. The minimum atomic E-state index is -1.08. The Morgan fingerprint density at radius 2 is 1.44 bits per heavy atom. The number of ether oxygens (including phenoxy) is 1. The molecule has 3 aromatic rings. The van der Waals surface area contributed by atoms with Gasteiger partial charge in [0.15, 0.2) is 0 Å². The Labute approximate surface area is 142 Å². The van der Waals surface area contributed by atoms with Gasteiger partial charge in [-0.2, -0.15) is 5.26 Å². The molecule has 3 rings (SSSR count). The van der Waals surface area contributed by atoms with Crippen molar-refractivity contribution in [2.24, 2.45) is 0 Å². The second-order valence-electron chi connectivity index (χ2n) is 5.21. The van der Waals surface area contributed by atoms with E-state index in [4.69, 9.17) is 10.00 Å². The van der Waals surface area contributed by atoms with Crippen LogP contribution in [0.15, 0.2) is 66.7 Å². The monoisotopic (exact) mass is 335 g/mol. The Bertz CT molecular complexity index is 938. The molecule has 3 aromatic carbocycles. The third-order valence-electron chi connectivity index (χ3n) is 3.57. The zero-order chi connectivity index (χ0) is 17.8. The molecule has 0 radical (unpaired) electrons. The van der Waals surface area contributed by atoms with Crippen LogP contribution in [0.3, 0.4) is 0 Å². The van der Waals surface area contributed by atoms with E-state index in [9.17, 15) is 13.6 Å². The molecule has 0 unspecified atom stereocenters. The molecule has 3 nitrogen and oxygen atoms in total. The van der Waals surface area contributed by atoms with Gasteiger partial charge in [-0.25, -0.2) is 13.6 Å². The highest BCUT2D eigenvalue weighted by Gasteiger charge is 2.15. The molecule has 122 valence electrons. The Morgan fingerprint density at radius 3 is 2.00 bits per heavy atom. The number of halogens is 2. The van der Waals surface area contributed by atoms with Crippen LogP contribution in [0.25, 0.3) is 11.1 Å². The zero-order valence-corrected chi connectivity index (χ0v) is 12.9. The van der Waals surface area contributed by atoms with Gasteiger partial charge in [-0.3, -0.25) is 0 Å². The predicted molar refractivity (Wildman–Crippen MR) is 87.9 cm³/mol. The van der Waals surface area contributed by atoms with E-state index in [0.29, 0.717) is 0 Å². The van der Waals surface area contributed by atoms with Crippen LogP contribution < -0.4 is 4.74 Å². The lowest BCUT2D eigenvalue weighted by Crippen LogP contribution is -2.09. The molecule has 0 spiro atoms. The van der Waals surface area contributed by atoms with Crippen molar-refractivity contribution in [2.45, 2.75) is 0 Å². The van der Waals surface area contributed by atoms with Gasteiger partial charge in [-0.1, -0.05) is 42.5 Å². The van der Waals surface area contributed by atoms with Crippen LogP contribution in [0.2, 0.25) is 0 Å². The molecule has 0 atom stereocenters. The maximum absolute atomic E-state index is 13.6. The Balaban J connectivity index is 1.79. The van der Waals surface area contributed by atoms with Gasteiger partial charge in [0, 0.05) is 12.1 Å². The molecular weight excluding hydrogens is 324 g/mol. The summed E-state index contributed by atoms with van der Waals surface area (Å²) in [6.07, 6.45) is 0. The molecule has 0 saturated carbocycles. The summed E-state index contributed by atoms with van der Waals surface area (Å²) in [6, 6.07) is 19.3. The van der Waals surface area contributed by atoms with Gasteiger partial charge in [-0.05, 0) is 23.3 Å². The van der Waals surface area contributed by atoms with Gasteiger partial charge in [-0.15, -0.1) is 0 Å². The fourth-order valence-corrected chi connectivity index (χ4v) is 2.31. The van der Waals surface area contributed by atoms with Gasteiger partial charge in [0.1, 0.15) is 29.0 Å². The maximum atomic E-state index is 13.6. The molecule has 0 heterocycles. The third-order valence-corrected chi connectivity index (χ3v) is 3.57. The van der Waals surface area contributed by atoms with Crippen molar-refractivity contribution in [3.8, 4) is 22.9 Å². The molecule has 0 fully saturated rings. The fraction of sp³-hybridized carbons (Fsp3) is 0. The number of nitrogens with zero attached hydrogens (tertiary/aromatic N) is 1. The highest BCUT2D eigenvalue weighted by Crippen LogP contribution is 2.22. The molecule has 25 heavy (non-hydrogen) atoms. The van der Waals surface area contributed by atoms with Crippen LogP contribution in [-0.2, 0) is 0 Å². The highest BCUT2D eigenvalue weighted by molar-refractivity contribution is 5.91. The summed E-state index contributed by atoms with van der Waals surface area (Å²) in [7, 11) is 0. The van der Waals surface area contributed by atoms with Crippen LogP contribution >= 0.6 is 0 Å². The van der Waals surface area contributed by atoms with Crippen molar-refractivity contribution in [3.63, 3.8) is 0 Å². The summed E-state index contributed by atoms with van der Waals surface area (Å²) in [5, 5.41) is 8.63. The van der Waals surface area contributed by atoms with Gasteiger partial charge in [0.25, 0.3) is 0 Å². The number of hydrogen-bond acceptors (Lipinski definition) is 3. The average Bonchev–Trinajstić information content (AvgIpc) is 2.62. The third kappa shape index (κ3) is 3.54. The Hall–Kier alpha value is -3.52. The lowest BCUT2D eigenvalue weighted by Gasteiger charge is -2.07. The number of esters is 1. The summed E-state index contributed by atoms with van der Waals surface area (Å²) < 4.78 is 32.1. The van der Waals surface area contributed by atoms with Crippen LogP contribution in [0.4, 0.5) is 8.78 Å². The van der Waals surface area contributed by atoms with Gasteiger partial charge in [0.05, 0.1) is 5.56 Å². The highest BCUT2D eigenvalue weighted by atomic mass is 19.1. The van der Waals surface area contributed by atoms with Crippen molar-refractivity contribution < 1.29 is 18.3 Å². The van der Waals surface area contributed by atoms with Crippen LogP contribution in [-0.4, -0.2) is 5.97 Å². The normalized spacial score (nSPS) is 10.1. The molecule has 0 aliphatic heterocycles. The van der Waals surface area contributed by atoms with E-state index in [2.05, 4.69) is 0 Å². The van der Waals surface area contributed by atoms with E-state index < -0.39 is 23.2 Å². The molecular formula is C20H11F2NO2. The summed E-state index contributed by atoms with van der Waals surface area (Å²) in [5.41, 5.74) is 1.45. The topological polar surface area (TPSA) is 50.1 Å². The fourth-order valence-electron chi connectivity index (χ4n) is 2.31. The van der Waals surface area contributed by atoms with Crippen molar-refractivity contribution in [2.75, 3.05) is 0 Å². The second-order valence-corrected chi connectivity index (χ2v) is 5.21. The molecule has 0 bridgehead atoms. The molecule has 0 N–H and O–H groups in total. The minimum Gasteiger partial charge on any atom is -0.423 e. The van der Waals surface area contributed by atoms with Crippen LogP contribution in [0, 0.1) is 23.0 Å². The average molecular weight is 335 g/mol. The SMILES string of the molecule is N#Cc1c(F)cc(OC(=O)c2ccc(-c3ccccc3)cc2)cc1F. The first-order valence-corrected chi connectivity index (χ1v) is 7.35. The quantitative estimate of drug-likeness (QED) is 0.514. The first kappa shape index (κ1) is 16.3. The van der Waals surface area contributed by atoms with Crippen molar-refractivity contribution in [3.05, 3.63) is 89.5 Å². The number of carbonyl (C=O) groups is 1. The summed E-state index contributed by atoms with van der Waals surface area (Å²) in [5.74, 6) is -3.20. The Kier molecular flexibility index (Phi) is 4.53. The number of hydrogen-bond donors (Lipinski definition) is 0. The van der Waals surface area contributed by atoms with E-state index in [-0.39, 0.29) is 11.3 Å². The molecule has 0 aromatic heterocycles. The first-order chi connectivity index (χ1) is 12.1. The van der Waals surface area contributed by atoms with Gasteiger partial charge in [0.2, 0.25) is 0 Å². The van der Waals surface area contributed by atoms with Crippen molar-refractivity contribution in [1.82, 2.24) is 0 Å². The van der Waals surface area contributed by atoms with E-state index in [1.807, 2.05) is 30.3 Å². The van der Waals surface area contributed by atoms with E-state index in [0.717, 1.165) is 23.3 Å². The number of benzene rings is 3. The first-order valence-electron chi connectivity index (χ1n) is 7.35. The molecule has 0 aliphatic carbocycles. The number of carbonyl (C=O) groups excluding carboxylic acids is 1. The van der Waals surface area contributed by atoms with Crippen molar-refractivity contribution in [1.29, 1.82) is 5.26 Å². The predicted octanol–water partition coefficient (Wildman–Crippen LogP) is 4.72. The zero-order valence-electron chi connectivity index (χ0n) is 12.9. The lowest BCUT2D eigenvalue weighted by atomic mass is 10.0. The largest absolute Gasteiger partial charge is 0.423 e. The molecule has 0 aliphatic rings. The van der Waals surface area contributed by atoms with Crippen LogP contribution in [0.5, 0.6) is 5.75 Å². The molecule has 0 amide bonds. The second kappa shape index (κ2) is 6.93. The van der Waals surface area contributed by atoms with E-state index in [1.165, 1.54) is 6.07 Å². The van der Waals surface area contributed by atoms with Crippen molar-refractivity contribution >= 4 is 5.97 Å². The van der Waals surface area contributed by atoms with Crippen LogP contribution in [0.1, 0.15) is 15.9 Å². The summed E-state index contributed by atoms with van der Waals surface area (Å²) in [6.45, 7) is 0. The lowest BCUT2D eigenvalue weighted by molar-refractivity contribution is 0.0734. The summed E-state index contributed by atoms with van der Waals surface area (Å²) in [4.78, 5) is 12.1.